The van der Waals surface area contributed by atoms with E-state index in [4.69, 9.17) is 9.47 Å². The molecule has 16 atom stereocenters. The lowest BCUT2D eigenvalue weighted by Crippen LogP contribution is -2.77. The van der Waals surface area contributed by atoms with Gasteiger partial charge >= 0.3 is 0 Å². The number of aromatic amines is 2. The molecule has 1 aromatic carbocycles. The number of ketones is 3. The van der Waals surface area contributed by atoms with E-state index in [0.717, 1.165) is 140 Å². The van der Waals surface area contributed by atoms with Crippen molar-refractivity contribution in [3.63, 3.8) is 0 Å². The summed E-state index contributed by atoms with van der Waals surface area (Å²) in [6.45, 7) is 23.0. The summed E-state index contributed by atoms with van der Waals surface area (Å²) < 4.78 is 14.7. The summed E-state index contributed by atoms with van der Waals surface area (Å²) in [6.07, 6.45) is 24.4. The summed E-state index contributed by atoms with van der Waals surface area (Å²) >= 11 is 0. The largest absolute Gasteiger partial charge is 0.392 e. The van der Waals surface area contributed by atoms with Gasteiger partial charge < -0.3 is 44.6 Å². The van der Waals surface area contributed by atoms with Gasteiger partial charge in [-0.05, 0) is 219 Å². The molecule has 2 spiro atoms. The first-order chi connectivity index (χ1) is 43.3. The number of ether oxygens (including phenoxy) is 2. The summed E-state index contributed by atoms with van der Waals surface area (Å²) in [6, 6.07) is 7.04. The molecule has 12 nitrogen and oxygen atoms in total. The number of nitrogens with zero attached hydrogens (tertiary/aromatic N) is 1. The van der Waals surface area contributed by atoms with E-state index in [1.807, 2.05) is 7.05 Å². The third-order valence-electron chi connectivity index (χ3n) is 29.8. The zero-order valence-electron chi connectivity index (χ0n) is 56.8. The number of benzene rings is 1. The third kappa shape index (κ3) is 8.41. The Balaban J connectivity index is 0.928. The fourth-order valence-corrected chi connectivity index (χ4v) is 26.0. The number of nitrogens with one attached hydrogen (secondary N) is 3. The van der Waals surface area contributed by atoms with Crippen LogP contribution in [0.4, 0.5) is 0 Å². The van der Waals surface area contributed by atoms with Crippen molar-refractivity contribution in [2.75, 3.05) is 26.8 Å². The minimum absolute atomic E-state index is 0.0105. The van der Waals surface area contributed by atoms with Crippen molar-refractivity contribution in [3.8, 4) is 0 Å². The van der Waals surface area contributed by atoms with Gasteiger partial charge in [-0.1, -0.05) is 99.1 Å². The number of allylic oxidation sites excluding steroid dienone is 1. The van der Waals surface area contributed by atoms with Crippen LogP contribution in [-0.2, 0) is 48.8 Å². The summed E-state index contributed by atoms with van der Waals surface area (Å²) in [4.78, 5) is 57.0. The average molecular weight is 1240 g/mol. The average Bonchev–Trinajstić information content (AvgIpc) is 1.63. The number of hydrogen-bond donors (Lipinski definition) is 6. The van der Waals surface area contributed by atoms with Crippen LogP contribution < -0.4 is 5.32 Å². The highest BCUT2D eigenvalue weighted by molar-refractivity contribution is 6.02. The van der Waals surface area contributed by atoms with Gasteiger partial charge in [-0.3, -0.25) is 14.4 Å². The maximum Gasteiger partial charge on any atom is 0.160 e. The molecule has 3 aliphatic heterocycles. The number of epoxide rings is 1. The van der Waals surface area contributed by atoms with Crippen molar-refractivity contribution >= 4 is 28.4 Å². The summed E-state index contributed by atoms with van der Waals surface area (Å²) in [5, 5.41) is 44.4. The predicted molar refractivity (Wildman–Crippen MR) is 354 cm³/mol. The smallest absolute Gasteiger partial charge is 0.160 e. The van der Waals surface area contributed by atoms with Crippen molar-refractivity contribution in [2.45, 2.75) is 270 Å². The number of fused-ring (bicyclic) bond motifs is 10. The normalized spacial score (nSPS) is 40.5. The number of H-pyrrole nitrogens is 2. The number of Topliss-reactive ketones (excluding diaryl/α,β-unsaturated/α-hetero) is 3. The topological polar surface area (TPSA) is 182 Å². The van der Waals surface area contributed by atoms with Gasteiger partial charge in [0, 0.05) is 97.1 Å². The van der Waals surface area contributed by atoms with Gasteiger partial charge in [0.15, 0.2) is 5.78 Å². The standard InChI is InChI=1S/C79H108N4O8/c1-44(2)18-19-46-34-51-52(35-49(45-16-12-11-13-17-45)36-55(51)79(89)28-32-90-33-29-79)58(65(46)86)53-41-83-42-54-59-61(72(5,38-57(85)69-71(3,4)91-69)25-20-48-40-82-63(53)64(48)83)56(84)39-74(59,7)75(8)43-77(23-14-15-24-77)70-73(6,27-31-80-10)68(88)60-50-22-30-81-62(50)47-21-26-78(60,37-47)76(70,9)67(75)66(54)87/h22,30,35-36,40-41,44-47,54,57-58,60,66-67,69-70,80-82,85,87,89H,11-21,23-29,31-34,37-39,42-43H2,1-10H3/t46-,47+,54-,57-,58+,60-,66-,67+,69-,70+,72+,73-,74+,75+,76+,78+/m1/s1. The molecule has 6 saturated carbocycles. The van der Waals surface area contributed by atoms with Crippen molar-refractivity contribution in [1.82, 2.24) is 19.9 Å². The number of carbonyl (C=O) groups excluding carboxylic acids is 3. The van der Waals surface area contributed by atoms with Crippen LogP contribution in [0, 0.1) is 67.5 Å². The van der Waals surface area contributed by atoms with Crippen LogP contribution in [0.2, 0.25) is 0 Å². The molecule has 6 heterocycles. The van der Waals surface area contributed by atoms with Gasteiger partial charge in [0.1, 0.15) is 17.7 Å². The van der Waals surface area contributed by atoms with Gasteiger partial charge in [0.25, 0.3) is 0 Å². The van der Waals surface area contributed by atoms with Crippen LogP contribution >= 0.6 is 0 Å². The highest BCUT2D eigenvalue weighted by Crippen LogP contribution is 2.87. The molecule has 12 aliphatic rings. The minimum atomic E-state index is -1.07. The summed E-state index contributed by atoms with van der Waals surface area (Å²) in [7, 11) is 2.03. The molecule has 492 valence electrons. The minimum Gasteiger partial charge on any atom is -0.392 e. The van der Waals surface area contributed by atoms with E-state index in [1.165, 1.54) is 36.1 Å². The molecule has 0 amide bonds. The Morgan fingerprint density at radius 1 is 0.868 bits per heavy atom. The number of rotatable bonds is 12. The van der Waals surface area contributed by atoms with Crippen LogP contribution in [0.3, 0.4) is 0 Å². The SMILES string of the molecule is CNCC[C@]1(C)C(=O)[C@H]2c3cc[nH]c3[C@H]3CC[C@@]2(C3)[C@@]2(C)[C@H]3[C@H](O)[C@@H]4Cn5cc([C@H]6C(=O)[C@H](CCC(C)C)Cc7c6cc(C6CCCCC6)cc7C6(O)CCOCC6)c6[nH]cc(c65)CC[C@@](C)(C[C@@H](O)[C@H]5OC5(C)C)C5=C4[C@](C)(CC5=O)[C@@]3(C)CC3(CCCC3)[C@H]21. The van der Waals surface area contributed by atoms with E-state index in [1.54, 1.807) is 0 Å². The van der Waals surface area contributed by atoms with E-state index in [0.29, 0.717) is 88.2 Å². The number of carbonyl (C=O) groups is 3. The molecule has 91 heavy (non-hydrogen) atoms. The maximum absolute atomic E-state index is 16.7. The van der Waals surface area contributed by atoms with Crippen LogP contribution in [0.15, 0.2) is 47.9 Å². The Morgan fingerprint density at radius 2 is 1.62 bits per heavy atom. The van der Waals surface area contributed by atoms with E-state index in [2.05, 4.69) is 119 Å². The van der Waals surface area contributed by atoms with Crippen molar-refractivity contribution in [3.05, 3.63) is 92.6 Å². The van der Waals surface area contributed by atoms with Gasteiger partial charge in [0.05, 0.1) is 46.3 Å². The first kappa shape index (κ1) is 61.7. The van der Waals surface area contributed by atoms with Gasteiger partial charge in [0.2, 0.25) is 0 Å². The second kappa shape index (κ2) is 20.9. The fraction of sp³-hybridized carbons (Fsp3) is 0.734. The number of aliphatic hydroxyl groups is 3. The van der Waals surface area contributed by atoms with E-state index >= 15 is 19.5 Å². The zero-order chi connectivity index (χ0) is 63.5. The third-order valence-corrected chi connectivity index (χ3v) is 29.8. The molecule has 12 heteroatoms. The molecule has 8 fully saturated rings. The van der Waals surface area contributed by atoms with Gasteiger partial charge in [-0.2, -0.15) is 0 Å². The van der Waals surface area contributed by atoms with Crippen LogP contribution in [0.1, 0.15) is 265 Å². The predicted octanol–water partition coefficient (Wildman–Crippen LogP) is 14.3. The van der Waals surface area contributed by atoms with E-state index < -0.39 is 67.7 Å². The van der Waals surface area contributed by atoms with E-state index in [9.17, 15) is 10.2 Å². The highest BCUT2D eigenvalue weighted by Gasteiger charge is 2.84. The zero-order valence-corrected chi connectivity index (χ0v) is 56.8. The van der Waals surface area contributed by atoms with Crippen LogP contribution in [0.5, 0.6) is 0 Å². The number of hydrogen-bond acceptors (Lipinski definition) is 9. The van der Waals surface area contributed by atoms with Crippen LogP contribution in [-0.4, -0.2) is 97.9 Å². The number of aryl methyl sites for hydroxylation is 1. The van der Waals surface area contributed by atoms with E-state index in [-0.39, 0.29) is 46.8 Å². The molecule has 9 aliphatic carbocycles. The molecule has 2 saturated heterocycles. The molecule has 0 unspecified atom stereocenters. The molecular weight excluding hydrogens is 1130 g/mol. The summed E-state index contributed by atoms with van der Waals surface area (Å²) in [5.41, 5.74) is 7.63. The lowest BCUT2D eigenvalue weighted by Gasteiger charge is -2.79. The Labute approximate surface area is 541 Å². The molecule has 3 aromatic heterocycles. The Hall–Kier alpha value is -4.17. The quantitative estimate of drug-likeness (QED) is 0.0752. The van der Waals surface area contributed by atoms with Crippen molar-refractivity contribution in [1.29, 1.82) is 0 Å². The molecule has 0 radical (unpaired) electrons. The molecular formula is C79H108N4O8. The number of aromatic nitrogens is 3. The monoisotopic (exact) mass is 1240 g/mol. The van der Waals surface area contributed by atoms with Crippen LogP contribution in [0.25, 0.3) is 11.0 Å². The Kier molecular flexibility index (Phi) is 14.2. The van der Waals surface area contributed by atoms with Crippen molar-refractivity contribution in [2.24, 2.45) is 67.5 Å². The second-order valence-corrected chi connectivity index (χ2v) is 35.3. The molecule has 4 aromatic rings. The van der Waals surface area contributed by atoms with Crippen molar-refractivity contribution < 1.29 is 39.2 Å². The fourth-order valence-electron chi connectivity index (χ4n) is 26.0. The number of aliphatic hydroxyl groups excluding tert-OH is 2. The lowest BCUT2D eigenvalue weighted by molar-refractivity contribution is -0.303. The summed E-state index contributed by atoms with van der Waals surface area (Å²) in [5.74, 6) is 0.0247. The highest BCUT2D eigenvalue weighted by atomic mass is 16.6. The molecule has 6 N–H and O–H groups in total. The first-order valence-corrected chi connectivity index (χ1v) is 36.7. The maximum atomic E-state index is 16.7. The molecule has 2 bridgehead atoms. The lowest BCUT2D eigenvalue weighted by atomic mass is 9.24. The second-order valence-electron chi connectivity index (χ2n) is 35.3. The Morgan fingerprint density at radius 3 is 2.33 bits per heavy atom. The first-order valence-electron chi connectivity index (χ1n) is 36.7. The van der Waals surface area contributed by atoms with Gasteiger partial charge in [-0.25, -0.2) is 0 Å². The Bertz CT molecular complexity index is 3660. The van der Waals surface area contributed by atoms with Gasteiger partial charge in [-0.15, -0.1) is 0 Å². The molecule has 16 rings (SSSR count).